The summed E-state index contributed by atoms with van der Waals surface area (Å²) in [5, 5.41) is 4.21. The van der Waals surface area contributed by atoms with Crippen molar-refractivity contribution < 1.29 is 0 Å². The highest BCUT2D eigenvalue weighted by Gasteiger charge is 2.13. The van der Waals surface area contributed by atoms with Gasteiger partial charge in [-0.25, -0.2) is 4.98 Å². The summed E-state index contributed by atoms with van der Waals surface area (Å²) < 4.78 is 0. The van der Waals surface area contributed by atoms with Crippen molar-refractivity contribution in [2.24, 2.45) is 0 Å². The van der Waals surface area contributed by atoms with Crippen molar-refractivity contribution >= 4 is 17.4 Å². The fourth-order valence-corrected chi connectivity index (χ4v) is 2.19. The fraction of sp³-hybridized carbons (Fsp3) is 0.688. The second-order valence-corrected chi connectivity index (χ2v) is 6.63. The summed E-state index contributed by atoms with van der Waals surface area (Å²) in [7, 11) is 0. The summed E-state index contributed by atoms with van der Waals surface area (Å²) >= 11 is 6.26. The van der Waals surface area contributed by atoms with Gasteiger partial charge in [0.25, 0.3) is 0 Å². The lowest BCUT2D eigenvalue weighted by atomic mass is 10.1. The molecule has 0 spiro atoms. The fourth-order valence-electron chi connectivity index (χ4n) is 2.02. The van der Waals surface area contributed by atoms with Crippen molar-refractivity contribution in [3.05, 3.63) is 22.8 Å². The highest BCUT2D eigenvalue weighted by molar-refractivity contribution is 6.31. The zero-order valence-electron chi connectivity index (χ0n) is 13.5. The Kier molecular flexibility index (Phi) is 6.77. The summed E-state index contributed by atoms with van der Waals surface area (Å²) in [5.41, 5.74) is 1.20. The first-order valence-electron chi connectivity index (χ1n) is 7.51. The molecule has 4 heteroatoms. The molecule has 0 aliphatic carbocycles. The summed E-state index contributed by atoms with van der Waals surface area (Å²) in [6.45, 7) is 13.7. The molecule has 0 aliphatic rings. The molecule has 0 atom stereocenters. The Morgan fingerprint density at radius 1 is 1.20 bits per heavy atom. The molecule has 0 aliphatic heterocycles. The average molecular weight is 298 g/mol. The number of anilines is 1. The Morgan fingerprint density at radius 2 is 1.80 bits per heavy atom. The van der Waals surface area contributed by atoms with Gasteiger partial charge in [0.2, 0.25) is 0 Å². The number of nitrogens with zero attached hydrogens (tertiary/aromatic N) is 2. The topological polar surface area (TPSA) is 28.2 Å². The molecular formula is C16H28ClN3. The van der Waals surface area contributed by atoms with Crippen LogP contribution in [0.2, 0.25) is 5.02 Å². The second-order valence-electron chi connectivity index (χ2n) is 6.22. The summed E-state index contributed by atoms with van der Waals surface area (Å²) in [6, 6.07) is 2.12. The number of hydrogen-bond donors (Lipinski definition) is 1. The molecular weight excluding hydrogens is 270 g/mol. The average Bonchev–Trinajstić information content (AvgIpc) is 2.36. The number of aromatic nitrogens is 1. The van der Waals surface area contributed by atoms with E-state index in [1.807, 2.05) is 0 Å². The first-order valence-corrected chi connectivity index (χ1v) is 7.89. The zero-order valence-corrected chi connectivity index (χ0v) is 14.2. The first-order chi connectivity index (χ1) is 9.37. The van der Waals surface area contributed by atoms with Crippen LogP contribution >= 0.6 is 11.6 Å². The molecule has 1 heterocycles. The van der Waals surface area contributed by atoms with Gasteiger partial charge in [-0.05, 0) is 45.2 Å². The highest BCUT2D eigenvalue weighted by Crippen LogP contribution is 2.21. The van der Waals surface area contributed by atoms with Crippen LogP contribution in [-0.2, 0) is 6.54 Å². The Labute approximate surface area is 128 Å². The van der Waals surface area contributed by atoms with Crippen LogP contribution in [0.15, 0.2) is 12.3 Å². The summed E-state index contributed by atoms with van der Waals surface area (Å²) in [6.07, 6.45) is 4.02. The number of pyridine rings is 1. The van der Waals surface area contributed by atoms with Gasteiger partial charge in [-0.15, -0.1) is 0 Å². The van der Waals surface area contributed by atoms with E-state index < -0.39 is 0 Å². The van der Waals surface area contributed by atoms with Crippen molar-refractivity contribution in [1.82, 2.24) is 10.3 Å². The molecule has 0 fully saturated rings. The predicted molar refractivity (Wildman–Crippen MR) is 88.6 cm³/mol. The van der Waals surface area contributed by atoms with E-state index in [-0.39, 0.29) is 5.54 Å². The summed E-state index contributed by atoms with van der Waals surface area (Å²) in [5.74, 6) is 1.03. The van der Waals surface area contributed by atoms with Crippen LogP contribution in [0.1, 0.15) is 53.0 Å². The third kappa shape index (κ3) is 5.68. The van der Waals surface area contributed by atoms with Gasteiger partial charge >= 0.3 is 0 Å². The van der Waals surface area contributed by atoms with Crippen LogP contribution in [0, 0.1) is 0 Å². The molecule has 20 heavy (non-hydrogen) atoms. The molecule has 1 aromatic rings. The van der Waals surface area contributed by atoms with Crippen molar-refractivity contribution in [3.8, 4) is 0 Å². The molecule has 0 bridgehead atoms. The molecule has 1 N–H and O–H groups in total. The van der Waals surface area contributed by atoms with E-state index in [1.54, 1.807) is 6.20 Å². The van der Waals surface area contributed by atoms with Crippen molar-refractivity contribution in [2.45, 2.75) is 59.5 Å². The van der Waals surface area contributed by atoms with Gasteiger partial charge in [0.15, 0.2) is 0 Å². The molecule has 0 saturated heterocycles. The monoisotopic (exact) mass is 297 g/mol. The second kappa shape index (κ2) is 7.84. The van der Waals surface area contributed by atoms with Gasteiger partial charge in [0, 0.05) is 31.4 Å². The Hall–Kier alpha value is -0.800. The minimum absolute atomic E-state index is 0.0826. The van der Waals surface area contributed by atoms with Gasteiger partial charge in [-0.2, -0.15) is 0 Å². The van der Waals surface area contributed by atoms with Crippen LogP contribution in [0.4, 0.5) is 5.82 Å². The van der Waals surface area contributed by atoms with E-state index in [4.69, 9.17) is 11.6 Å². The van der Waals surface area contributed by atoms with Crippen molar-refractivity contribution in [3.63, 3.8) is 0 Å². The number of hydrogen-bond acceptors (Lipinski definition) is 3. The van der Waals surface area contributed by atoms with Crippen molar-refractivity contribution in [1.29, 1.82) is 0 Å². The van der Waals surface area contributed by atoms with E-state index in [0.29, 0.717) is 0 Å². The lowest BCUT2D eigenvalue weighted by molar-refractivity contribution is 0.424. The molecule has 114 valence electrons. The van der Waals surface area contributed by atoms with Gasteiger partial charge in [-0.1, -0.05) is 25.4 Å². The van der Waals surface area contributed by atoms with Crippen LogP contribution in [0.3, 0.4) is 0 Å². The normalized spacial score (nSPS) is 11.7. The third-order valence-corrected chi connectivity index (χ3v) is 3.38. The largest absolute Gasteiger partial charge is 0.357 e. The Balaban J connectivity index is 2.88. The molecule has 0 radical (unpaired) electrons. The van der Waals surface area contributed by atoms with Gasteiger partial charge < -0.3 is 10.2 Å². The van der Waals surface area contributed by atoms with Crippen LogP contribution < -0.4 is 10.2 Å². The molecule has 3 nitrogen and oxygen atoms in total. The van der Waals surface area contributed by atoms with Gasteiger partial charge in [0.1, 0.15) is 5.82 Å². The smallest absolute Gasteiger partial charge is 0.128 e. The first kappa shape index (κ1) is 17.3. The van der Waals surface area contributed by atoms with E-state index in [9.17, 15) is 0 Å². The van der Waals surface area contributed by atoms with Gasteiger partial charge in [0.05, 0.1) is 5.02 Å². The lowest BCUT2D eigenvalue weighted by Gasteiger charge is -2.24. The molecule has 1 aromatic heterocycles. The minimum atomic E-state index is 0.0826. The standard InChI is InChI=1S/C16H28ClN3/c1-6-8-20(9-7-2)15-10-13(14(17)12-18-15)11-19-16(3,4)5/h10,12,19H,6-9,11H2,1-5H3. The maximum absolute atomic E-state index is 6.26. The Morgan fingerprint density at radius 3 is 2.30 bits per heavy atom. The number of nitrogens with one attached hydrogen (secondary N) is 1. The number of rotatable bonds is 7. The van der Waals surface area contributed by atoms with E-state index in [1.165, 1.54) is 0 Å². The Bertz CT molecular complexity index is 407. The molecule has 0 aromatic carbocycles. The predicted octanol–water partition coefficient (Wildman–Crippen LogP) is 4.25. The van der Waals surface area contributed by atoms with Crippen LogP contribution in [0.25, 0.3) is 0 Å². The zero-order chi connectivity index (χ0) is 15.2. The quantitative estimate of drug-likeness (QED) is 0.815. The van der Waals surface area contributed by atoms with E-state index in [2.05, 4.69) is 55.9 Å². The summed E-state index contributed by atoms with van der Waals surface area (Å²) in [4.78, 5) is 6.82. The number of halogens is 1. The third-order valence-electron chi connectivity index (χ3n) is 3.04. The molecule has 1 rings (SSSR count). The van der Waals surface area contributed by atoms with Crippen LogP contribution in [-0.4, -0.2) is 23.6 Å². The molecule has 0 amide bonds. The van der Waals surface area contributed by atoms with E-state index in [0.717, 1.165) is 48.9 Å². The van der Waals surface area contributed by atoms with Crippen LogP contribution in [0.5, 0.6) is 0 Å². The maximum atomic E-state index is 6.26. The van der Waals surface area contributed by atoms with Gasteiger partial charge in [-0.3, -0.25) is 0 Å². The minimum Gasteiger partial charge on any atom is -0.357 e. The van der Waals surface area contributed by atoms with Crippen molar-refractivity contribution in [2.75, 3.05) is 18.0 Å². The SMILES string of the molecule is CCCN(CCC)c1cc(CNC(C)(C)C)c(Cl)cn1. The van der Waals surface area contributed by atoms with E-state index >= 15 is 0 Å². The molecule has 0 unspecified atom stereocenters. The highest BCUT2D eigenvalue weighted by atomic mass is 35.5. The molecule has 0 saturated carbocycles. The maximum Gasteiger partial charge on any atom is 0.128 e. The lowest BCUT2D eigenvalue weighted by Crippen LogP contribution is -2.35.